The first-order valence-electron chi connectivity index (χ1n) is 1.52. The molecule has 8 heavy (non-hydrogen) atoms. The Morgan fingerprint density at radius 3 is 2.25 bits per heavy atom. The zero-order valence-electron chi connectivity index (χ0n) is 3.62. The van der Waals surface area contributed by atoms with Gasteiger partial charge >= 0.3 is 0 Å². The minimum Gasteiger partial charge on any atom is -0.294 e. The molecule has 0 atom stereocenters. The summed E-state index contributed by atoms with van der Waals surface area (Å²) in [7, 11) is -2.63. The van der Waals surface area contributed by atoms with Crippen molar-refractivity contribution in [1.82, 2.24) is 10.3 Å². The van der Waals surface area contributed by atoms with Crippen LogP contribution in [0, 0.1) is 0 Å². The molecule has 0 unspecified atom stereocenters. The number of rotatable bonds is 2. The summed E-state index contributed by atoms with van der Waals surface area (Å²) in [6.07, 6.45) is 0. The van der Waals surface area contributed by atoms with Crippen LogP contribution in [-0.2, 0) is 10.9 Å². The summed E-state index contributed by atoms with van der Waals surface area (Å²) in [5.41, 5.74) is 2.09. The minimum atomic E-state index is -2.63. The second-order valence-electron chi connectivity index (χ2n) is 0.799. The summed E-state index contributed by atoms with van der Waals surface area (Å²) in [5, 5.41) is 0. The van der Waals surface area contributed by atoms with E-state index in [9.17, 15) is 8.42 Å². The quantitative estimate of drug-likeness (QED) is 0.241. The highest BCUT2D eigenvalue weighted by molar-refractivity contribution is 8.11. The van der Waals surface area contributed by atoms with E-state index < -0.39 is 10.9 Å². The third-order valence-corrected chi connectivity index (χ3v) is 0.762. The van der Waals surface area contributed by atoms with Crippen LogP contribution < -0.4 is 10.3 Å². The maximum absolute atomic E-state index is 9.67. The van der Waals surface area contributed by atoms with Crippen LogP contribution in [0.3, 0.4) is 0 Å². The van der Waals surface area contributed by atoms with E-state index in [0.29, 0.717) is 0 Å². The lowest BCUT2D eigenvalue weighted by Crippen LogP contribution is -2.31. The molecule has 0 radical (unpaired) electrons. The van der Waals surface area contributed by atoms with Crippen LogP contribution in [0.2, 0.25) is 0 Å². The lowest BCUT2D eigenvalue weighted by atomic mass is 11.5. The van der Waals surface area contributed by atoms with Crippen molar-refractivity contribution in [3.8, 4) is 0 Å². The van der Waals surface area contributed by atoms with Crippen molar-refractivity contribution in [1.29, 1.82) is 0 Å². The fourth-order valence-electron chi connectivity index (χ4n) is 0.0935. The van der Waals surface area contributed by atoms with E-state index in [4.69, 9.17) is 0 Å². The Hall–Kier alpha value is 0.150. The summed E-state index contributed by atoms with van der Waals surface area (Å²) in [6.45, 7) is 0. The number of nitrogens with one attached hydrogen (secondary N) is 2. The molecule has 0 saturated heterocycles. The molecule has 7 heteroatoms. The van der Waals surface area contributed by atoms with Crippen LogP contribution in [0.25, 0.3) is 0 Å². The summed E-state index contributed by atoms with van der Waals surface area (Å²) in [4.78, 5) is 1.83. The topological polar surface area (TPSA) is 58.2 Å². The number of thiol groups is 2. The predicted molar refractivity (Wildman–Crippen MR) is 38.2 cm³/mol. The van der Waals surface area contributed by atoms with Crippen molar-refractivity contribution < 1.29 is 8.42 Å². The van der Waals surface area contributed by atoms with E-state index in [0.717, 1.165) is 0 Å². The number of hydrogen-bond acceptors (Lipinski definition) is 3. The van der Waals surface area contributed by atoms with Gasteiger partial charge in [-0.05, 0) is 0 Å². The molecule has 0 fully saturated rings. The SMILES string of the molecule is O=[SH](=O)NNC(=S)S. The molecular formula is CH4N2O2S3. The molecule has 0 aliphatic heterocycles. The molecule has 0 aromatic rings. The molecule has 0 aromatic heterocycles. The van der Waals surface area contributed by atoms with E-state index >= 15 is 0 Å². The normalized spacial score (nSPS) is 9.25. The van der Waals surface area contributed by atoms with Crippen molar-refractivity contribution in [2.45, 2.75) is 0 Å². The maximum Gasteiger partial charge on any atom is 0.218 e. The highest BCUT2D eigenvalue weighted by Gasteiger charge is 1.82. The molecule has 0 saturated carbocycles. The molecule has 0 rings (SSSR count). The van der Waals surface area contributed by atoms with Crippen LogP contribution in [-0.4, -0.2) is 12.7 Å². The summed E-state index contributed by atoms with van der Waals surface area (Å²) >= 11 is 7.90. The second kappa shape index (κ2) is 4.07. The van der Waals surface area contributed by atoms with Crippen molar-refractivity contribution in [2.24, 2.45) is 0 Å². The second-order valence-corrected chi connectivity index (χ2v) is 2.69. The Kier molecular flexibility index (Phi) is 4.15. The lowest BCUT2D eigenvalue weighted by molar-refractivity contribution is 0.599. The van der Waals surface area contributed by atoms with Gasteiger partial charge in [-0.2, -0.15) is 0 Å². The number of hydrazine groups is 1. The van der Waals surface area contributed by atoms with E-state index in [2.05, 4.69) is 30.3 Å². The Morgan fingerprint density at radius 2 is 2.12 bits per heavy atom. The number of hydrogen-bond donors (Lipinski definition) is 4. The smallest absolute Gasteiger partial charge is 0.218 e. The van der Waals surface area contributed by atoms with Gasteiger partial charge in [-0.15, -0.1) is 17.5 Å². The fraction of sp³-hybridized carbons (Fsp3) is 0. The molecule has 0 aliphatic rings. The number of thiocarbonyl (C=S) groups is 1. The first-order valence-corrected chi connectivity index (χ1v) is 3.55. The summed E-state index contributed by atoms with van der Waals surface area (Å²) < 4.78 is 19.4. The van der Waals surface area contributed by atoms with Crippen LogP contribution in [0.4, 0.5) is 0 Å². The molecule has 0 heterocycles. The van der Waals surface area contributed by atoms with Crippen molar-refractivity contribution >= 4 is 40.1 Å². The largest absolute Gasteiger partial charge is 0.294 e. The highest BCUT2D eigenvalue weighted by Crippen LogP contribution is 1.71. The van der Waals surface area contributed by atoms with Crippen molar-refractivity contribution in [3.63, 3.8) is 0 Å². The first kappa shape index (κ1) is 8.15. The molecule has 0 aliphatic carbocycles. The van der Waals surface area contributed by atoms with E-state index in [1.54, 1.807) is 0 Å². The van der Waals surface area contributed by atoms with E-state index in [1.165, 1.54) is 0 Å². The average molecular weight is 172 g/mol. The zero-order valence-corrected chi connectivity index (χ0v) is 6.22. The fourth-order valence-corrected chi connectivity index (χ4v) is 0.567. The van der Waals surface area contributed by atoms with Gasteiger partial charge < -0.3 is 0 Å². The van der Waals surface area contributed by atoms with E-state index in [-0.39, 0.29) is 4.32 Å². The predicted octanol–water partition coefficient (Wildman–Crippen LogP) is -1.18. The lowest BCUT2D eigenvalue weighted by Gasteiger charge is -1.94. The van der Waals surface area contributed by atoms with E-state index in [1.807, 2.05) is 4.83 Å². The van der Waals surface area contributed by atoms with Crippen molar-refractivity contribution in [2.75, 3.05) is 0 Å². The molecular weight excluding hydrogens is 168 g/mol. The van der Waals surface area contributed by atoms with Gasteiger partial charge in [0.2, 0.25) is 10.9 Å². The van der Waals surface area contributed by atoms with Gasteiger partial charge in [0.05, 0.1) is 0 Å². The third kappa shape index (κ3) is 6.15. The monoisotopic (exact) mass is 172 g/mol. The van der Waals surface area contributed by atoms with Gasteiger partial charge in [0.15, 0.2) is 0 Å². The Bertz CT molecular complexity index is 143. The standard InChI is InChI=1S/CH4N2O2S3/c4-8(5)3-2-1(6)7/h8H,(H2,2,6,7)(H,3,4,5). The van der Waals surface area contributed by atoms with Crippen LogP contribution in [0.15, 0.2) is 0 Å². The molecule has 4 nitrogen and oxygen atoms in total. The van der Waals surface area contributed by atoms with Crippen LogP contribution in [0.1, 0.15) is 0 Å². The Morgan fingerprint density at radius 1 is 1.62 bits per heavy atom. The van der Waals surface area contributed by atoms with Crippen LogP contribution >= 0.6 is 24.8 Å². The van der Waals surface area contributed by atoms with Gasteiger partial charge in [0, 0.05) is 0 Å². The Labute approximate surface area is 59.1 Å². The first-order chi connectivity index (χ1) is 3.63. The third-order valence-electron chi connectivity index (χ3n) is 0.254. The summed E-state index contributed by atoms with van der Waals surface area (Å²) in [6, 6.07) is 0. The molecule has 0 amide bonds. The maximum atomic E-state index is 9.67. The zero-order chi connectivity index (χ0) is 6.57. The van der Waals surface area contributed by atoms with Gasteiger partial charge in [-0.3, -0.25) is 5.43 Å². The summed E-state index contributed by atoms with van der Waals surface area (Å²) in [5.74, 6) is 0. The van der Waals surface area contributed by atoms with Crippen LogP contribution in [0.5, 0.6) is 0 Å². The van der Waals surface area contributed by atoms with Crippen molar-refractivity contribution in [3.05, 3.63) is 0 Å². The van der Waals surface area contributed by atoms with Gasteiger partial charge in [-0.25, -0.2) is 8.42 Å². The van der Waals surface area contributed by atoms with Gasteiger partial charge in [0.25, 0.3) is 0 Å². The Balaban J connectivity index is 3.32. The molecule has 0 spiro atoms. The molecule has 0 aromatic carbocycles. The molecule has 2 N–H and O–H groups in total. The van der Waals surface area contributed by atoms with Gasteiger partial charge in [0.1, 0.15) is 4.32 Å². The molecule has 0 bridgehead atoms. The average Bonchev–Trinajstić information content (AvgIpc) is 1.61. The minimum absolute atomic E-state index is 0.0872. The molecule has 48 valence electrons. The highest BCUT2D eigenvalue weighted by atomic mass is 32.2. The van der Waals surface area contributed by atoms with Gasteiger partial charge in [-0.1, -0.05) is 12.2 Å².